The van der Waals surface area contributed by atoms with E-state index in [2.05, 4.69) is 22.6 Å². The first-order chi connectivity index (χ1) is 7.35. The molecule has 0 saturated carbocycles. The van der Waals surface area contributed by atoms with Crippen LogP contribution in [0.1, 0.15) is 27.2 Å². The van der Waals surface area contributed by atoms with Crippen molar-refractivity contribution in [1.29, 1.82) is 0 Å². The Morgan fingerprint density at radius 2 is 2.19 bits per heavy atom. The van der Waals surface area contributed by atoms with Crippen LogP contribution in [-0.2, 0) is 9.63 Å². The van der Waals surface area contributed by atoms with Crippen LogP contribution in [0.25, 0.3) is 0 Å². The molecule has 0 aliphatic heterocycles. The van der Waals surface area contributed by atoms with Gasteiger partial charge >= 0.3 is 0 Å². The summed E-state index contributed by atoms with van der Waals surface area (Å²) < 4.78 is 0.895. The van der Waals surface area contributed by atoms with Gasteiger partial charge in [0.25, 0.3) is 0 Å². The van der Waals surface area contributed by atoms with Crippen molar-refractivity contribution < 1.29 is 9.63 Å². The summed E-state index contributed by atoms with van der Waals surface area (Å²) in [7, 11) is 0. The lowest BCUT2D eigenvalue weighted by molar-refractivity contribution is -0.198. The molecule has 0 aromatic rings. The first-order valence-corrected chi connectivity index (χ1v) is 6.37. The number of thiocarbonyl (C=S) groups is 1. The van der Waals surface area contributed by atoms with Crippen molar-refractivity contribution in [2.45, 2.75) is 32.8 Å². The van der Waals surface area contributed by atoms with Crippen LogP contribution in [-0.4, -0.2) is 21.9 Å². The average molecular weight is 351 g/mol. The molecular weight excluding hydrogens is 337 g/mol. The summed E-state index contributed by atoms with van der Waals surface area (Å²) in [5.41, 5.74) is 0.291. The first kappa shape index (κ1) is 13.8. The standard InChI is InChI=1S/C11H14INO2S/c1-11(2,3)15-13(7-14)8-5-4-6-9(16)10(8)12/h4-5,7H,6H2,1-3H3. The minimum absolute atomic E-state index is 0.419. The molecule has 1 amide bonds. The van der Waals surface area contributed by atoms with Gasteiger partial charge in [-0.1, -0.05) is 18.3 Å². The Labute approximate surface area is 115 Å². The fraction of sp³-hybridized carbons (Fsp3) is 0.455. The fourth-order valence-corrected chi connectivity index (χ4v) is 2.01. The maximum absolute atomic E-state index is 11.0. The summed E-state index contributed by atoms with van der Waals surface area (Å²) in [5.74, 6) is 0. The van der Waals surface area contributed by atoms with E-state index in [9.17, 15) is 4.79 Å². The van der Waals surface area contributed by atoms with Crippen LogP contribution in [0.4, 0.5) is 0 Å². The number of carbonyl (C=O) groups is 1. The molecule has 0 atom stereocenters. The van der Waals surface area contributed by atoms with E-state index in [1.54, 1.807) is 0 Å². The molecule has 1 aliphatic rings. The van der Waals surface area contributed by atoms with E-state index in [0.29, 0.717) is 12.1 Å². The highest BCUT2D eigenvalue weighted by Gasteiger charge is 2.22. The highest BCUT2D eigenvalue weighted by atomic mass is 127. The number of carbonyl (C=O) groups excluding carboxylic acids is 1. The lowest BCUT2D eigenvalue weighted by atomic mass is 10.1. The van der Waals surface area contributed by atoms with Gasteiger partial charge in [-0.2, -0.15) is 5.06 Å². The number of hydrogen-bond acceptors (Lipinski definition) is 3. The van der Waals surface area contributed by atoms with E-state index in [1.165, 1.54) is 5.06 Å². The maximum Gasteiger partial charge on any atom is 0.238 e. The lowest BCUT2D eigenvalue weighted by Gasteiger charge is -2.28. The van der Waals surface area contributed by atoms with Gasteiger partial charge in [0.2, 0.25) is 6.41 Å². The summed E-state index contributed by atoms with van der Waals surface area (Å²) >= 11 is 7.34. The molecule has 0 spiro atoms. The van der Waals surface area contributed by atoms with E-state index in [0.717, 1.165) is 14.9 Å². The first-order valence-electron chi connectivity index (χ1n) is 4.88. The van der Waals surface area contributed by atoms with Crippen LogP contribution in [0.3, 0.4) is 0 Å². The topological polar surface area (TPSA) is 29.5 Å². The average Bonchev–Trinajstić information content (AvgIpc) is 2.18. The molecule has 0 fully saturated rings. The fourth-order valence-electron chi connectivity index (χ4n) is 1.18. The minimum atomic E-state index is -0.419. The second kappa shape index (κ2) is 5.37. The Morgan fingerprint density at radius 1 is 1.56 bits per heavy atom. The molecular formula is C11H14INO2S. The van der Waals surface area contributed by atoms with Crippen LogP contribution in [0.15, 0.2) is 21.4 Å². The molecule has 0 N–H and O–H groups in total. The predicted octanol–water partition coefficient (Wildman–Crippen LogP) is 3.15. The smallest absolute Gasteiger partial charge is 0.238 e. The highest BCUT2D eigenvalue weighted by molar-refractivity contribution is 14.1. The molecule has 88 valence electrons. The minimum Gasteiger partial charge on any atom is -0.276 e. The molecule has 1 aliphatic carbocycles. The second-order valence-electron chi connectivity index (χ2n) is 4.36. The Hall–Kier alpha value is -0.270. The Balaban J connectivity index is 2.97. The highest BCUT2D eigenvalue weighted by Crippen LogP contribution is 2.26. The van der Waals surface area contributed by atoms with Crippen LogP contribution < -0.4 is 0 Å². The third kappa shape index (κ3) is 3.64. The van der Waals surface area contributed by atoms with Gasteiger partial charge in [-0.25, -0.2) is 0 Å². The Kier molecular flexibility index (Phi) is 4.63. The van der Waals surface area contributed by atoms with Gasteiger partial charge < -0.3 is 0 Å². The molecule has 0 unspecified atom stereocenters. The molecule has 0 bridgehead atoms. The molecule has 3 nitrogen and oxygen atoms in total. The predicted molar refractivity (Wildman–Crippen MR) is 76.1 cm³/mol. The number of nitrogens with zero attached hydrogens (tertiary/aromatic N) is 1. The van der Waals surface area contributed by atoms with Gasteiger partial charge in [-0.05, 0) is 49.4 Å². The molecule has 0 aromatic carbocycles. The van der Waals surface area contributed by atoms with Crippen molar-refractivity contribution >= 4 is 46.1 Å². The lowest BCUT2D eigenvalue weighted by Crippen LogP contribution is -2.33. The third-order valence-corrected chi connectivity index (χ3v) is 3.69. The molecule has 16 heavy (non-hydrogen) atoms. The quantitative estimate of drug-likeness (QED) is 0.339. The van der Waals surface area contributed by atoms with Crippen LogP contribution in [0.5, 0.6) is 0 Å². The van der Waals surface area contributed by atoms with E-state index in [4.69, 9.17) is 17.1 Å². The molecule has 0 saturated heterocycles. The molecule has 5 heteroatoms. The van der Waals surface area contributed by atoms with E-state index >= 15 is 0 Å². The second-order valence-corrected chi connectivity index (χ2v) is 5.94. The summed E-state index contributed by atoms with van der Waals surface area (Å²) in [4.78, 5) is 17.4. The van der Waals surface area contributed by atoms with Gasteiger partial charge in [0.15, 0.2) is 0 Å². The van der Waals surface area contributed by atoms with Crippen LogP contribution in [0.2, 0.25) is 0 Å². The Morgan fingerprint density at radius 3 is 2.69 bits per heavy atom. The van der Waals surface area contributed by atoms with Crippen LogP contribution in [0, 0.1) is 0 Å². The number of allylic oxidation sites excluding steroid dienone is 3. The third-order valence-electron chi connectivity index (χ3n) is 1.75. The van der Waals surface area contributed by atoms with Crippen molar-refractivity contribution in [3.8, 4) is 0 Å². The molecule has 0 aromatic heterocycles. The largest absolute Gasteiger partial charge is 0.276 e. The van der Waals surface area contributed by atoms with Gasteiger partial charge in [0, 0.05) is 11.3 Å². The summed E-state index contributed by atoms with van der Waals surface area (Å²) in [6, 6.07) is 0. The van der Waals surface area contributed by atoms with E-state index in [-0.39, 0.29) is 0 Å². The van der Waals surface area contributed by atoms with Gasteiger partial charge in [-0.3, -0.25) is 9.63 Å². The number of hydrogen-bond donors (Lipinski definition) is 0. The summed E-state index contributed by atoms with van der Waals surface area (Å²) in [6.07, 6.45) is 5.21. The monoisotopic (exact) mass is 351 g/mol. The number of hydroxylamine groups is 2. The van der Waals surface area contributed by atoms with Crippen molar-refractivity contribution in [3.63, 3.8) is 0 Å². The van der Waals surface area contributed by atoms with E-state index in [1.807, 2.05) is 32.9 Å². The zero-order valence-electron chi connectivity index (χ0n) is 9.49. The Bertz CT molecular complexity index is 369. The SMILES string of the molecule is CC(C)(C)ON(C=O)C1=C(I)C(=S)CC=C1. The van der Waals surface area contributed by atoms with Crippen molar-refractivity contribution in [1.82, 2.24) is 5.06 Å². The zero-order valence-corrected chi connectivity index (χ0v) is 12.5. The van der Waals surface area contributed by atoms with Crippen molar-refractivity contribution in [2.24, 2.45) is 0 Å². The summed E-state index contributed by atoms with van der Waals surface area (Å²) in [6.45, 7) is 5.67. The number of rotatable bonds is 3. The maximum atomic E-state index is 11.0. The normalized spacial score (nSPS) is 16.6. The molecule has 0 heterocycles. The van der Waals surface area contributed by atoms with Crippen LogP contribution >= 0.6 is 34.8 Å². The number of halogens is 1. The van der Waals surface area contributed by atoms with Gasteiger partial charge in [0.1, 0.15) is 0 Å². The van der Waals surface area contributed by atoms with Gasteiger partial charge in [0.05, 0.1) is 14.9 Å². The van der Waals surface area contributed by atoms with Gasteiger partial charge in [-0.15, -0.1) is 0 Å². The summed E-state index contributed by atoms with van der Waals surface area (Å²) in [5, 5.41) is 1.24. The number of amides is 1. The van der Waals surface area contributed by atoms with Crippen molar-refractivity contribution in [2.75, 3.05) is 0 Å². The van der Waals surface area contributed by atoms with E-state index < -0.39 is 5.60 Å². The molecule has 1 rings (SSSR count). The van der Waals surface area contributed by atoms with Crippen molar-refractivity contribution in [3.05, 3.63) is 21.4 Å². The zero-order chi connectivity index (χ0) is 12.3. The molecule has 0 radical (unpaired) electrons.